The molecule has 1 fully saturated rings. The molecular weight excluding hydrogens is 560 g/mol. The van der Waals surface area contributed by atoms with Gasteiger partial charge in [-0.1, -0.05) is 62.1 Å². The van der Waals surface area contributed by atoms with E-state index in [9.17, 15) is 0 Å². The molecular formula is C42H74N4. The van der Waals surface area contributed by atoms with Gasteiger partial charge in [0.15, 0.2) is 0 Å². The molecule has 5 aliphatic rings. The molecule has 8 atom stereocenters. The van der Waals surface area contributed by atoms with Gasteiger partial charge in [-0.15, -0.1) is 0 Å². The summed E-state index contributed by atoms with van der Waals surface area (Å²) in [4.78, 5) is 0. The largest absolute Gasteiger partial charge is 0.329 e. The van der Waals surface area contributed by atoms with Crippen LogP contribution in [0, 0.1) is 47.3 Å². The van der Waals surface area contributed by atoms with Gasteiger partial charge in [0.25, 0.3) is 0 Å². The van der Waals surface area contributed by atoms with Gasteiger partial charge in [0.1, 0.15) is 0 Å². The first kappa shape index (κ1) is 36.3. The van der Waals surface area contributed by atoms with Gasteiger partial charge in [0, 0.05) is 18.6 Å². The molecule has 1 saturated carbocycles. The summed E-state index contributed by atoms with van der Waals surface area (Å²) >= 11 is 0. The van der Waals surface area contributed by atoms with Gasteiger partial charge in [-0.25, -0.2) is 0 Å². The van der Waals surface area contributed by atoms with E-state index in [-0.39, 0.29) is 6.04 Å². The Hall–Kier alpha value is -0.940. The summed E-state index contributed by atoms with van der Waals surface area (Å²) in [5, 5.41) is 7.90. The van der Waals surface area contributed by atoms with Crippen LogP contribution in [0.1, 0.15) is 143 Å². The Bertz CT molecular complexity index is 986. The van der Waals surface area contributed by atoms with E-state index in [1.165, 1.54) is 122 Å². The second-order valence-electron chi connectivity index (χ2n) is 16.8. The fraction of sp³-hybridized carbons (Fsp3) is 0.857. The van der Waals surface area contributed by atoms with Crippen molar-refractivity contribution in [3.8, 4) is 0 Å². The zero-order chi connectivity index (χ0) is 32.3. The van der Waals surface area contributed by atoms with Crippen molar-refractivity contribution in [2.24, 2.45) is 58.8 Å². The summed E-state index contributed by atoms with van der Waals surface area (Å²) in [5.41, 5.74) is 17.6. The van der Waals surface area contributed by atoms with Crippen LogP contribution < -0.4 is 22.1 Å². The van der Waals surface area contributed by atoms with E-state index < -0.39 is 0 Å². The number of hydrogen-bond donors (Lipinski definition) is 4. The first-order valence-electron chi connectivity index (χ1n) is 20.4. The third-order valence-electron chi connectivity index (χ3n) is 13.8. The van der Waals surface area contributed by atoms with E-state index in [1.54, 1.807) is 5.57 Å². The lowest BCUT2D eigenvalue weighted by Crippen LogP contribution is -2.40. The summed E-state index contributed by atoms with van der Waals surface area (Å²) in [7, 11) is 0. The van der Waals surface area contributed by atoms with Gasteiger partial charge in [-0.05, 0) is 183 Å². The highest BCUT2D eigenvalue weighted by Crippen LogP contribution is 2.43. The molecule has 5 aliphatic carbocycles. The topological polar surface area (TPSA) is 76.1 Å². The molecule has 4 heteroatoms. The lowest BCUT2D eigenvalue weighted by molar-refractivity contribution is 0.195. The Morgan fingerprint density at radius 3 is 2.26 bits per heavy atom. The molecule has 0 saturated heterocycles. The molecule has 0 aromatic heterocycles. The lowest BCUT2D eigenvalue weighted by Gasteiger charge is -2.38. The van der Waals surface area contributed by atoms with Crippen molar-refractivity contribution >= 4 is 0 Å². The molecule has 0 heterocycles. The average molecular weight is 635 g/mol. The number of rotatable bonds is 16. The first-order chi connectivity index (χ1) is 22.5. The fourth-order valence-electron chi connectivity index (χ4n) is 10.4. The minimum absolute atomic E-state index is 0.180. The molecule has 262 valence electrons. The van der Waals surface area contributed by atoms with E-state index in [4.69, 9.17) is 11.5 Å². The van der Waals surface area contributed by atoms with Gasteiger partial charge in [-0.3, -0.25) is 0 Å². The molecule has 0 aromatic carbocycles. The minimum atomic E-state index is 0.180. The van der Waals surface area contributed by atoms with E-state index in [0.717, 1.165) is 60.9 Å². The Morgan fingerprint density at radius 2 is 1.54 bits per heavy atom. The summed E-state index contributed by atoms with van der Waals surface area (Å²) in [5.74, 6) is 6.22. The summed E-state index contributed by atoms with van der Waals surface area (Å²) in [6.07, 6.45) is 33.8. The highest BCUT2D eigenvalue weighted by Gasteiger charge is 2.32. The molecule has 0 amide bonds. The Kier molecular flexibility index (Phi) is 14.8. The van der Waals surface area contributed by atoms with Gasteiger partial charge in [0.2, 0.25) is 0 Å². The minimum Gasteiger partial charge on any atom is -0.329 e. The monoisotopic (exact) mass is 635 g/mol. The van der Waals surface area contributed by atoms with Gasteiger partial charge in [0.05, 0.1) is 0 Å². The molecule has 5 unspecified atom stereocenters. The van der Waals surface area contributed by atoms with Crippen LogP contribution in [-0.4, -0.2) is 38.3 Å². The van der Waals surface area contributed by atoms with Gasteiger partial charge >= 0.3 is 0 Å². The van der Waals surface area contributed by atoms with Crippen LogP contribution in [0.25, 0.3) is 0 Å². The molecule has 0 aliphatic heterocycles. The maximum absolute atomic E-state index is 6.28. The summed E-state index contributed by atoms with van der Waals surface area (Å²) in [6, 6.07) is 0.847. The van der Waals surface area contributed by atoms with Crippen molar-refractivity contribution in [3.05, 3.63) is 34.9 Å². The zero-order valence-electron chi connectivity index (χ0n) is 30.4. The quantitative estimate of drug-likeness (QED) is 0.101. The molecule has 0 bridgehead atoms. The van der Waals surface area contributed by atoms with Crippen LogP contribution >= 0.6 is 0 Å². The fourth-order valence-corrected chi connectivity index (χ4v) is 10.4. The molecule has 4 nitrogen and oxygen atoms in total. The highest BCUT2D eigenvalue weighted by atomic mass is 14.9. The summed E-state index contributed by atoms with van der Waals surface area (Å²) in [6.45, 7) is 11.5. The third-order valence-corrected chi connectivity index (χ3v) is 13.8. The number of allylic oxidation sites excluding steroid dienone is 5. The number of nitrogens with two attached hydrogens (primary N) is 2. The molecule has 0 radical (unpaired) electrons. The van der Waals surface area contributed by atoms with Crippen molar-refractivity contribution in [2.75, 3.05) is 26.2 Å². The lowest BCUT2D eigenvalue weighted by atomic mass is 9.69. The maximum atomic E-state index is 6.28. The number of hydrogen-bond acceptors (Lipinski definition) is 4. The molecule has 5 rings (SSSR count). The first-order valence-corrected chi connectivity index (χ1v) is 20.4. The highest BCUT2D eigenvalue weighted by molar-refractivity contribution is 5.25. The number of nitrogens with one attached hydrogen (secondary N) is 2. The molecule has 0 aromatic rings. The average Bonchev–Trinajstić information content (AvgIpc) is 3.11. The van der Waals surface area contributed by atoms with Crippen molar-refractivity contribution in [2.45, 2.75) is 155 Å². The van der Waals surface area contributed by atoms with Gasteiger partial charge < -0.3 is 22.1 Å². The molecule has 6 N–H and O–H groups in total. The molecule has 46 heavy (non-hydrogen) atoms. The van der Waals surface area contributed by atoms with Crippen LogP contribution in [0.4, 0.5) is 0 Å². The Balaban J connectivity index is 1.14. The Labute approximate surface area is 284 Å². The normalized spacial score (nSPS) is 33.2. The Morgan fingerprint density at radius 1 is 0.783 bits per heavy atom. The smallest absolute Gasteiger partial charge is 0.0282 e. The second-order valence-corrected chi connectivity index (χ2v) is 16.8. The summed E-state index contributed by atoms with van der Waals surface area (Å²) < 4.78 is 0. The van der Waals surface area contributed by atoms with Crippen LogP contribution in [0.3, 0.4) is 0 Å². The predicted octanol–water partition coefficient (Wildman–Crippen LogP) is 9.07. The maximum Gasteiger partial charge on any atom is 0.0282 e. The van der Waals surface area contributed by atoms with E-state index >= 15 is 0 Å². The van der Waals surface area contributed by atoms with Crippen LogP contribution in [0.15, 0.2) is 34.9 Å². The van der Waals surface area contributed by atoms with E-state index in [2.05, 4.69) is 49.6 Å². The predicted molar refractivity (Wildman–Crippen MR) is 199 cm³/mol. The van der Waals surface area contributed by atoms with Crippen LogP contribution in [0.5, 0.6) is 0 Å². The zero-order valence-corrected chi connectivity index (χ0v) is 30.4. The van der Waals surface area contributed by atoms with Crippen molar-refractivity contribution in [3.63, 3.8) is 0 Å². The van der Waals surface area contributed by atoms with E-state index in [1.807, 2.05) is 11.1 Å². The van der Waals surface area contributed by atoms with Crippen molar-refractivity contribution in [1.29, 1.82) is 0 Å². The second kappa shape index (κ2) is 18.7. The van der Waals surface area contributed by atoms with Crippen LogP contribution in [0.2, 0.25) is 0 Å². The van der Waals surface area contributed by atoms with Crippen molar-refractivity contribution in [1.82, 2.24) is 10.6 Å². The van der Waals surface area contributed by atoms with Crippen molar-refractivity contribution < 1.29 is 0 Å². The standard InChI is InChI=1S/C42H74N4/c1-4-26-45-28-31(3)33-16-20-36(21-17-33)39(29-46-42-11-7-9-37-8-5-6-10-40(37)42)13-12-30(2)32-14-18-34(19-15-32)35-22-24-38(25-23-35)41(44)27-43/h16,20,22,30-34,36,38-39,41-42,45-46H,4-15,17-19,21,23-29,43-44H2,1-3H3/t30?,31?,32-,33-,34+,36?,38?,39?,41-,42-/m1/s1. The molecule has 0 spiro atoms. The van der Waals surface area contributed by atoms with E-state index in [0.29, 0.717) is 18.5 Å². The third kappa shape index (κ3) is 10.1. The van der Waals surface area contributed by atoms with Crippen LogP contribution in [-0.2, 0) is 0 Å². The SMILES string of the molecule is CCCNCC(C)[C@@H]1C=CC(C(CCC(C)[C@H]2CC[C@@H](C3=CCC([C@H](N)CN)CC3)CC2)CN[C@@H]2CCCC3=C2CCCC3)CC1. The van der Waals surface area contributed by atoms with Gasteiger partial charge in [-0.2, -0.15) is 0 Å².